The van der Waals surface area contributed by atoms with Gasteiger partial charge in [0.05, 0.1) is 19.9 Å². The van der Waals surface area contributed by atoms with Gasteiger partial charge in [-0.3, -0.25) is 14.0 Å². The van der Waals surface area contributed by atoms with E-state index in [4.69, 9.17) is 9.47 Å². The lowest BCUT2D eigenvalue weighted by molar-refractivity contribution is 0.102. The number of nitrogens with zero attached hydrogens (tertiary/aromatic N) is 2. The molecule has 0 bridgehead atoms. The van der Waals surface area contributed by atoms with E-state index in [1.54, 1.807) is 50.2 Å². The molecule has 0 fully saturated rings. The average molecular weight is 454 g/mol. The summed E-state index contributed by atoms with van der Waals surface area (Å²) in [5, 5.41) is 4.59. The van der Waals surface area contributed by atoms with Crippen molar-refractivity contribution in [2.45, 2.75) is 4.90 Å². The quantitative estimate of drug-likeness (QED) is 0.436. The van der Waals surface area contributed by atoms with Crippen LogP contribution >= 0.6 is 23.1 Å². The Kier molecular flexibility index (Phi) is 5.97. The summed E-state index contributed by atoms with van der Waals surface area (Å²) >= 11 is 2.87. The fraction of sp³-hybridized carbons (Fsp3) is 0.136. The molecule has 0 saturated carbocycles. The molecule has 1 N–H and O–H groups in total. The Morgan fingerprint density at radius 1 is 1.16 bits per heavy atom. The molecule has 2 aromatic heterocycles. The number of benzene rings is 2. The fourth-order valence-corrected chi connectivity index (χ4v) is 4.46. The lowest BCUT2D eigenvalue weighted by Gasteiger charge is -2.11. The minimum atomic E-state index is -0.514. The normalized spacial score (nSPS) is 10.8. The first-order chi connectivity index (χ1) is 15.0. The van der Waals surface area contributed by atoms with Crippen LogP contribution in [-0.2, 0) is 0 Å². The number of amides is 1. The first-order valence-corrected chi connectivity index (χ1v) is 11.3. The third-order valence-electron chi connectivity index (χ3n) is 4.70. The van der Waals surface area contributed by atoms with Gasteiger partial charge in [-0.1, -0.05) is 6.07 Å². The zero-order valence-electron chi connectivity index (χ0n) is 17.0. The molecule has 2 aromatic carbocycles. The van der Waals surface area contributed by atoms with Gasteiger partial charge in [-0.2, -0.15) is 0 Å². The van der Waals surface area contributed by atoms with E-state index in [9.17, 15) is 9.59 Å². The Hall–Kier alpha value is -3.30. The lowest BCUT2D eigenvalue weighted by Crippen LogP contribution is -2.26. The highest BCUT2D eigenvalue weighted by Crippen LogP contribution is 2.35. The standard InChI is InChI=1S/C22H19N3O4S2/c1-28-14-7-8-19(29-2)16(10-14)18-12-31-22-23-11-17(21(27)25(18)22)20(26)24-13-5-4-6-15(9-13)30-3/h4-12H,1-3H3,(H,24,26). The Labute approximate surface area is 186 Å². The molecule has 7 nitrogen and oxygen atoms in total. The van der Waals surface area contributed by atoms with Gasteiger partial charge in [0, 0.05) is 27.7 Å². The van der Waals surface area contributed by atoms with Crippen molar-refractivity contribution in [2.24, 2.45) is 0 Å². The topological polar surface area (TPSA) is 81.9 Å². The maximum atomic E-state index is 13.3. The van der Waals surface area contributed by atoms with Crippen molar-refractivity contribution >= 4 is 39.7 Å². The molecule has 31 heavy (non-hydrogen) atoms. The van der Waals surface area contributed by atoms with Crippen molar-refractivity contribution in [2.75, 3.05) is 25.8 Å². The number of hydrogen-bond donors (Lipinski definition) is 1. The predicted octanol–water partition coefficient (Wildman–Crippen LogP) is 4.41. The van der Waals surface area contributed by atoms with Gasteiger partial charge in [0.1, 0.15) is 17.1 Å². The smallest absolute Gasteiger partial charge is 0.271 e. The Bertz CT molecular complexity index is 1330. The second-order valence-corrected chi connectivity index (χ2v) is 8.18. The molecular formula is C22H19N3O4S2. The van der Waals surface area contributed by atoms with E-state index in [1.165, 1.54) is 21.9 Å². The average Bonchev–Trinajstić information content (AvgIpc) is 3.23. The third kappa shape index (κ3) is 4.01. The Morgan fingerprint density at radius 2 is 2.00 bits per heavy atom. The number of carbonyl (C=O) groups is 1. The van der Waals surface area contributed by atoms with Crippen molar-refractivity contribution < 1.29 is 14.3 Å². The third-order valence-corrected chi connectivity index (χ3v) is 6.27. The van der Waals surface area contributed by atoms with E-state index in [-0.39, 0.29) is 5.56 Å². The van der Waals surface area contributed by atoms with Crippen LogP contribution in [0.5, 0.6) is 11.5 Å². The minimum absolute atomic E-state index is 0.0476. The van der Waals surface area contributed by atoms with Crippen LogP contribution in [0.4, 0.5) is 5.69 Å². The molecule has 0 aliphatic rings. The maximum Gasteiger partial charge on any atom is 0.271 e. The van der Waals surface area contributed by atoms with E-state index >= 15 is 0 Å². The minimum Gasteiger partial charge on any atom is -0.497 e. The number of nitrogens with one attached hydrogen (secondary N) is 1. The lowest BCUT2D eigenvalue weighted by atomic mass is 10.1. The molecule has 4 aromatic rings. The number of thiazole rings is 1. The Morgan fingerprint density at radius 3 is 2.74 bits per heavy atom. The van der Waals surface area contributed by atoms with E-state index < -0.39 is 11.5 Å². The first kappa shape index (κ1) is 21.0. The van der Waals surface area contributed by atoms with E-state index in [0.717, 1.165) is 4.90 Å². The predicted molar refractivity (Wildman–Crippen MR) is 124 cm³/mol. The van der Waals surface area contributed by atoms with Crippen LogP contribution in [0.1, 0.15) is 10.4 Å². The molecule has 0 saturated heterocycles. The van der Waals surface area contributed by atoms with Crippen LogP contribution in [0.25, 0.3) is 16.2 Å². The summed E-state index contributed by atoms with van der Waals surface area (Å²) in [4.78, 5) is 32.0. The van der Waals surface area contributed by atoms with Crippen LogP contribution in [-0.4, -0.2) is 35.8 Å². The number of aromatic nitrogens is 2. The number of rotatable bonds is 6. The second kappa shape index (κ2) is 8.83. The highest BCUT2D eigenvalue weighted by molar-refractivity contribution is 7.98. The SMILES string of the molecule is COc1ccc(OC)c(-c2csc3ncc(C(=O)Nc4cccc(SC)c4)c(=O)n23)c1. The number of hydrogen-bond acceptors (Lipinski definition) is 7. The maximum absolute atomic E-state index is 13.3. The van der Waals surface area contributed by atoms with Gasteiger partial charge in [0.2, 0.25) is 0 Å². The first-order valence-electron chi connectivity index (χ1n) is 9.22. The van der Waals surface area contributed by atoms with Gasteiger partial charge in [0.25, 0.3) is 11.5 Å². The fourth-order valence-electron chi connectivity index (χ4n) is 3.15. The van der Waals surface area contributed by atoms with Crippen molar-refractivity contribution in [1.82, 2.24) is 9.38 Å². The molecule has 158 valence electrons. The highest BCUT2D eigenvalue weighted by atomic mass is 32.2. The van der Waals surface area contributed by atoms with E-state index in [0.29, 0.717) is 33.4 Å². The van der Waals surface area contributed by atoms with Gasteiger partial charge in [0.15, 0.2) is 4.96 Å². The summed E-state index contributed by atoms with van der Waals surface area (Å²) < 4.78 is 12.2. The summed E-state index contributed by atoms with van der Waals surface area (Å²) in [6, 6.07) is 12.8. The van der Waals surface area contributed by atoms with Crippen LogP contribution in [0.2, 0.25) is 0 Å². The van der Waals surface area contributed by atoms with E-state index in [1.807, 2.05) is 29.8 Å². The second-order valence-electron chi connectivity index (χ2n) is 6.47. The van der Waals surface area contributed by atoms with Crippen molar-refractivity contribution in [3.63, 3.8) is 0 Å². The molecule has 1 amide bonds. The molecule has 0 unspecified atom stereocenters. The Balaban J connectivity index is 1.80. The molecular weight excluding hydrogens is 434 g/mol. The van der Waals surface area contributed by atoms with Crippen LogP contribution < -0.4 is 20.3 Å². The number of anilines is 1. The molecule has 4 rings (SSSR count). The molecule has 0 aliphatic carbocycles. The van der Waals surface area contributed by atoms with Crippen molar-refractivity contribution in [3.8, 4) is 22.8 Å². The van der Waals surface area contributed by atoms with Gasteiger partial charge in [-0.05, 0) is 42.7 Å². The van der Waals surface area contributed by atoms with Crippen molar-refractivity contribution in [3.05, 3.63) is 70.0 Å². The summed E-state index contributed by atoms with van der Waals surface area (Å²) in [5.41, 5.74) is 1.36. The van der Waals surface area contributed by atoms with Crippen LogP contribution in [0, 0.1) is 0 Å². The molecule has 2 heterocycles. The largest absolute Gasteiger partial charge is 0.497 e. The number of carbonyl (C=O) groups excluding carboxylic acids is 1. The summed E-state index contributed by atoms with van der Waals surface area (Å²) in [7, 11) is 3.13. The van der Waals surface area contributed by atoms with Gasteiger partial charge < -0.3 is 14.8 Å². The molecule has 0 aliphatic heterocycles. The molecule has 9 heteroatoms. The zero-order chi connectivity index (χ0) is 22.0. The van der Waals surface area contributed by atoms with Gasteiger partial charge in [-0.15, -0.1) is 23.1 Å². The number of methoxy groups -OCH3 is 2. The van der Waals surface area contributed by atoms with Crippen LogP contribution in [0.3, 0.4) is 0 Å². The molecule has 0 radical (unpaired) electrons. The van der Waals surface area contributed by atoms with E-state index in [2.05, 4.69) is 10.3 Å². The summed E-state index contributed by atoms with van der Waals surface area (Å²) in [5.74, 6) is 0.690. The van der Waals surface area contributed by atoms with Crippen LogP contribution in [0.15, 0.2) is 63.7 Å². The molecule has 0 atom stereocenters. The van der Waals surface area contributed by atoms with Gasteiger partial charge >= 0.3 is 0 Å². The zero-order valence-corrected chi connectivity index (χ0v) is 18.7. The summed E-state index contributed by atoms with van der Waals surface area (Å²) in [6.07, 6.45) is 3.27. The van der Waals surface area contributed by atoms with Crippen molar-refractivity contribution in [1.29, 1.82) is 0 Å². The highest BCUT2D eigenvalue weighted by Gasteiger charge is 2.19. The summed E-state index contributed by atoms with van der Waals surface area (Å²) in [6.45, 7) is 0. The van der Waals surface area contributed by atoms with Gasteiger partial charge in [-0.25, -0.2) is 4.98 Å². The monoisotopic (exact) mass is 453 g/mol. The number of thioether (sulfide) groups is 1. The number of fused-ring (bicyclic) bond motifs is 1. The molecule has 0 spiro atoms. The number of ether oxygens (including phenoxy) is 2.